The van der Waals surface area contributed by atoms with Gasteiger partial charge in [-0.25, -0.2) is 4.57 Å². The van der Waals surface area contributed by atoms with E-state index < -0.39 is 38.6 Å². The van der Waals surface area contributed by atoms with E-state index in [1.165, 1.54) is 128 Å². The molecule has 6 N–H and O–H groups in total. The predicted molar refractivity (Wildman–Crippen MR) is 223 cm³/mol. The number of allylic oxidation sites excluding steroid dienone is 3. The third kappa shape index (κ3) is 37.6. The van der Waals surface area contributed by atoms with Gasteiger partial charge in [0.1, 0.15) is 0 Å². The molecule has 0 aliphatic rings. The zero-order valence-electron chi connectivity index (χ0n) is 34.4. The minimum atomic E-state index is -4.40. The molecule has 0 spiro atoms. The van der Waals surface area contributed by atoms with E-state index in [0.717, 1.165) is 51.4 Å². The van der Waals surface area contributed by atoms with Gasteiger partial charge in [0, 0.05) is 6.54 Å². The molecular formula is C43H85N2O7P. The number of carbonyl (C=O) groups excluding carboxylic acids is 1. The van der Waals surface area contributed by atoms with Crippen LogP contribution < -0.4 is 11.1 Å². The van der Waals surface area contributed by atoms with Gasteiger partial charge < -0.3 is 26.2 Å². The Morgan fingerprint density at radius 2 is 1.06 bits per heavy atom. The van der Waals surface area contributed by atoms with Crippen LogP contribution >= 0.6 is 7.82 Å². The van der Waals surface area contributed by atoms with Crippen molar-refractivity contribution in [2.45, 2.75) is 225 Å². The first-order valence-corrected chi connectivity index (χ1v) is 23.5. The first-order valence-electron chi connectivity index (χ1n) is 22.0. The maximum Gasteiger partial charge on any atom is 0.472 e. The number of unbranched alkanes of at least 4 members (excludes halogenated alkanes) is 25. The normalized spacial score (nSPS) is 14.9. The Labute approximate surface area is 326 Å². The van der Waals surface area contributed by atoms with Crippen LogP contribution in [0.25, 0.3) is 0 Å². The van der Waals surface area contributed by atoms with Crippen molar-refractivity contribution in [3.05, 3.63) is 24.3 Å². The summed E-state index contributed by atoms with van der Waals surface area (Å²) in [5.74, 6) is -0.450. The van der Waals surface area contributed by atoms with E-state index in [4.69, 9.17) is 14.8 Å². The van der Waals surface area contributed by atoms with E-state index in [1.807, 2.05) is 6.08 Å². The summed E-state index contributed by atoms with van der Waals surface area (Å²) >= 11 is 0. The van der Waals surface area contributed by atoms with Crippen molar-refractivity contribution in [1.29, 1.82) is 0 Å². The quantitative estimate of drug-likeness (QED) is 0.0234. The Balaban J connectivity index is 4.32. The number of amides is 1. The summed E-state index contributed by atoms with van der Waals surface area (Å²) in [6.07, 6.45) is 41.1. The van der Waals surface area contributed by atoms with Crippen molar-refractivity contribution in [2.24, 2.45) is 5.73 Å². The van der Waals surface area contributed by atoms with Gasteiger partial charge in [0.25, 0.3) is 0 Å². The van der Waals surface area contributed by atoms with Gasteiger partial charge in [-0.3, -0.25) is 13.8 Å². The van der Waals surface area contributed by atoms with Gasteiger partial charge in [-0.2, -0.15) is 0 Å². The number of phosphoric acid groups is 1. The second-order valence-corrected chi connectivity index (χ2v) is 16.5. The molecule has 0 radical (unpaired) electrons. The number of phosphoric ester groups is 1. The number of aliphatic hydroxyl groups is 2. The fraction of sp³-hybridized carbons (Fsp3) is 0.884. The van der Waals surface area contributed by atoms with Crippen LogP contribution in [0.3, 0.4) is 0 Å². The first kappa shape index (κ1) is 51.9. The molecule has 10 heteroatoms. The number of aliphatic hydroxyl groups excluding tert-OH is 2. The lowest BCUT2D eigenvalue weighted by atomic mass is 10.0. The summed E-state index contributed by atoms with van der Waals surface area (Å²) < 4.78 is 22.1. The molecule has 9 nitrogen and oxygen atoms in total. The molecule has 0 aromatic carbocycles. The van der Waals surface area contributed by atoms with E-state index in [0.29, 0.717) is 6.42 Å². The van der Waals surface area contributed by atoms with Crippen molar-refractivity contribution in [3.63, 3.8) is 0 Å². The van der Waals surface area contributed by atoms with E-state index in [-0.39, 0.29) is 19.6 Å². The van der Waals surface area contributed by atoms with Crippen LogP contribution in [-0.4, -0.2) is 59.0 Å². The Hall–Kier alpha value is -1.06. The fourth-order valence-corrected chi connectivity index (χ4v) is 7.22. The van der Waals surface area contributed by atoms with Crippen LogP contribution in [0.15, 0.2) is 24.3 Å². The van der Waals surface area contributed by atoms with Crippen molar-refractivity contribution in [3.8, 4) is 0 Å². The monoisotopic (exact) mass is 773 g/mol. The van der Waals surface area contributed by atoms with Gasteiger partial charge >= 0.3 is 7.82 Å². The molecular weight excluding hydrogens is 687 g/mol. The molecule has 4 atom stereocenters. The van der Waals surface area contributed by atoms with Crippen molar-refractivity contribution >= 4 is 13.7 Å². The van der Waals surface area contributed by atoms with Gasteiger partial charge in [0.15, 0.2) is 0 Å². The van der Waals surface area contributed by atoms with Crippen LogP contribution in [0, 0.1) is 0 Å². The van der Waals surface area contributed by atoms with Crippen molar-refractivity contribution in [2.75, 3.05) is 19.8 Å². The van der Waals surface area contributed by atoms with Crippen LogP contribution in [0.1, 0.15) is 206 Å². The Bertz CT molecular complexity index is 904. The molecule has 0 saturated heterocycles. The largest absolute Gasteiger partial charge is 0.472 e. The second kappa shape index (κ2) is 39.2. The van der Waals surface area contributed by atoms with E-state index in [9.17, 15) is 24.5 Å². The number of nitrogens with one attached hydrogen (secondary N) is 1. The smallest absolute Gasteiger partial charge is 0.393 e. The maximum absolute atomic E-state index is 12.8. The lowest BCUT2D eigenvalue weighted by molar-refractivity contribution is -0.124. The average molecular weight is 773 g/mol. The average Bonchev–Trinajstić information content (AvgIpc) is 3.13. The number of rotatable bonds is 41. The lowest BCUT2D eigenvalue weighted by Gasteiger charge is -2.24. The van der Waals surface area contributed by atoms with Gasteiger partial charge in [0.2, 0.25) is 5.91 Å². The minimum absolute atomic E-state index is 0.0488. The van der Waals surface area contributed by atoms with Crippen molar-refractivity contribution < 1.29 is 33.5 Å². The first-order chi connectivity index (χ1) is 25.8. The van der Waals surface area contributed by atoms with E-state index in [1.54, 1.807) is 6.08 Å². The molecule has 0 aliphatic heterocycles. The lowest BCUT2D eigenvalue weighted by Crippen LogP contribution is -2.46. The molecule has 1 amide bonds. The molecule has 0 heterocycles. The fourth-order valence-electron chi connectivity index (χ4n) is 6.46. The Morgan fingerprint density at radius 3 is 1.51 bits per heavy atom. The molecule has 0 fully saturated rings. The molecule has 0 aromatic heterocycles. The molecule has 0 aromatic rings. The number of carbonyl (C=O) groups is 1. The highest BCUT2D eigenvalue weighted by Crippen LogP contribution is 2.43. The van der Waals surface area contributed by atoms with Crippen molar-refractivity contribution in [1.82, 2.24) is 5.32 Å². The summed E-state index contributed by atoms with van der Waals surface area (Å²) in [6, 6.07) is -0.982. The van der Waals surface area contributed by atoms with Crippen LogP contribution in [-0.2, 0) is 18.4 Å². The van der Waals surface area contributed by atoms with Gasteiger partial charge in [-0.15, -0.1) is 0 Å². The zero-order chi connectivity index (χ0) is 39.1. The molecule has 314 valence electrons. The summed E-state index contributed by atoms with van der Waals surface area (Å²) in [5, 5.41) is 24.0. The summed E-state index contributed by atoms with van der Waals surface area (Å²) in [5.41, 5.74) is 5.36. The predicted octanol–water partition coefficient (Wildman–Crippen LogP) is 11.1. The SMILES string of the molecule is CCCCCCCCCC/C=C\CCCCCCCC(O)CC(=O)NC(COP(=O)(O)OCCN)C(O)/C=C/CCCCCCCCCCCCCC. The van der Waals surface area contributed by atoms with E-state index in [2.05, 4.69) is 31.3 Å². The van der Waals surface area contributed by atoms with Gasteiger partial charge in [0.05, 0.1) is 37.9 Å². The van der Waals surface area contributed by atoms with E-state index >= 15 is 0 Å². The summed E-state index contributed by atoms with van der Waals surface area (Å²) in [6.45, 7) is 3.97. The van der Waals surface area contributed by atoms with Crippen LogP contribution in [0.5, 0.6) is 0 Å². The highest BCUT2D eigenvalue weighted by Gasteiger charge is 2.27. The van der Waals surface area contributed by atoms with Crippen LogP contribution in [0.4, 0.5) is 0 Å². The highest BCUT2D eigenvalue weighted by atomic mass is 31.2. The topological polar surface area (TPSA) is 151 Å². The summed E-state index contributed by atoms with van der Waals surface area (Å²) in [4.78, 5) is 22.7. The highest BCUT2D eigenvalue weighted by molar-refractivity contribution is 7.47. The molecule has 0 saturated carbocycles. The second-order valence-electron chi connectivity index (χ2n) is 15.1. The molecule has 0 bridgehead atoms. The maximum atomic E-state index is 12.8. The molecule has 0 aliphatic carbocycles. The molecule has 53 heavy (non-hydrogen) atoms. The number of hydrogen-bond acceptors (Lipinski definition) is 7. The van der Waals surface area contributed by atoms with Crippen LogP contribution in [0.2, 0.25) is 0 Å². The number of nitrogens with two attached hydrogens (primary N) is 1. The summed E-state index contributed by atoms with van der Waals surface area (Å²) in [7, 11) is -4.40. The Morgan fingerprint density at radius 1 is 0.642 bits per heavy atom. The third-order valence-corrected chi connectivity index (χ3v) is 10.8. The number of hydrogen-bond donors (Lipinski definition) is 5. The Kier molecular flexibility index (Phi) is 38.4. The minimum Gasteiger partial charge on any atom is -0.393 e. The molecule has 4 unspecified atom stereocenters. The molecule has 0 rings (SSSR count). The van der Waals surface area contributed by atoms with Gasteiger partial charge in [-0.05, 0) is 44.9 Å². The third-order valence-electron chi connectivity index (χ3n) is 9.83. The van der Waals surface area contributed by atoms with Gasteiger partial charge in [-0.1, -0.05) is 179 Å². The standard InChI is InChI=1S/C43H85N2O7P/c1-3-5-7-9-11-13-15-17-19-20-21-22-24-26-28-30-32-34-40(46)38-43(48)45-41(39-52-53(49,50)51-37-36-44)42(47)35-33-31-29-27-25-23-18-16-14-12-10-8-6-4-2/h20-21,33,35,40-42,46-47H,3-19,22-32,34,36-39,44H2,1-2H3,(H,45,48)(H,49,50)/b21-20-,35-33+. The zero-order valence-corrected chi connectivity index (χ0v) is 35.3.